The Hall–Kier alpha value is -1.31. The third-order valence-electron chi connectivity index (χ3n) is 6.23. The van der Waals surface area contributed by atoms with Gasteiger partial charge in [0, 0.05) is 0 Å². The molecule has 0 heterocycles. The molecule has 1 aromatic carbocycles. The molecule has 2 nitrogen and oxygen atoms in total. The van der Waals surface area contributed by atoms with E-state index >= 15 is 0 Å². The predicted molar refractivity (Wildman–Crippen MR) is 103 cm³/mol. The van der Waals surface area contributed by atoms with E-state index in [4.69, 9.17) is 4.74 Å². The van der Waals surface area contributed by atoms with E-state index in [1.54, 1.807) is 0 Å². The van der Waals surface area contributed by atoms with Crippen LogP contribution in [0.2, 0.25) is 0 Å². The van der Waals surface area contributed by atoms with E-state index in [2.05, 4.69) is 6.07 Å². The number of benzene rings is 1. The second kappa shape index (κ2) is 8.87. The summed E-state index contributed by atoms with van der Waals surface area (Å²) in [5, 5.41) is 0. The third-order valence-corrected chi connectivity index (χ3v) is 6.23. The lowest BCUT2D eigenvalue weighted by molar-refractivity contribution is 0.0158. The van der Waals surface area contributed by atoms with E-state index in [1.807, 2.05) is 26.0 Å². The van der Waals surface area contributed by atoms with Gasteiger partial charge in [0.05, 0.1) is 5.56 Å². The van der Waals surface area contributed by atoms with E-state index in [1.165, 1.54) is 57.8 Å². The van der Waals surface area contributed by atoms with Crippen molar-refractivity contribution in [3.8, 4) is 0 Å². The first-order chi connectivity index (χ1) is 12.1. The fraction of sp³-hybridized carbons (Fsp3) is 0.696. The van der Waals surface area contributed by atoms with Crippen LogP contribution in [0.15, 0.2) is 18.2 Å². The number of esters is 1. The molecule has 2 heteroatoms. The van der Waals surface area contributed by atoms with Gasteiger partial charge in [0.1, 0.15) is 6.10 Å². The van der Waals surface area contributed by atoms with Crippen molar-refractivity contribution >= 4 is 5.97 Å². The van der Waals surface area contributed by atoms with Crippen LogP contribution in [-0.2, 0) is 4.74 Å². The molecule has 0 unspecified atom stereocenters. The molecule has 0 bridgehead atoms. The third kappa shape index (κ3) is 5.59. The quantitative estimate of drug-likeness (QED) is 0.580. The Morgan fingerprint density at radius 2 is 1.40 bits per heavy atom. The van der Waals surface area contributed by atoms with Gasteiger partial charge >= 0.3 is 5.97 Å². The highest BCUT2D eigenvalue weighted by atomic mass is 16.5. The molecule has 0 atom stereocenters. The number of carbonyl (C=O) groups excluding carboxylic acids is 1. The summed E-state index contributed by atoms with van der Waals surface area (Å²) in [5.74, 6) is 1.71. The molecule has 2 fully saturated rings. The first kappa shape index (κ1) is 18.5. The topological polar surface area (TPSA) is 26.3 Å². The molecule has 3 rings (SSSR count). The maximum absolute atomic E-state index is 12.4. The summed E-state index contributed by atoms with van der Waals surface area (Å²) < 4.78 is 5.79. The number of hydrogen-bond donors (Lipinski definition) is 0. The van der Waals surface area contributed by atoms with Crippen molar-refractivity contribution in [1.29, 1.82) is 0 Å². The Balaban J connectivity index is 1.40. The van der Waals surface area contributed by atoms with Crippen LogP contribution in [0, 0.1) is 25.7 Å². The molecule has 0 amide bonds. The van der Waals surface area contributed by atoms with Gasteiger partial charge in [-0.15, -0.1) is 0 Å². The molecular weight excluding hydrogens is 308 g/mol. The summed E-state index contributed by atoms with van der Waals surface area (Å²) in [5.41, 5.74) is 2.95. The van der Waals surface area contributed by atoms with Gasteiger partial charge in [0.25, 0.3) is 0 Å². The van der Waals surface area contributed by atoms with Crippen molar-refractivity contribution in [2.45, 2.75) is 90.6 Å². The maximum Gasteiger partial charge on any atom is 0.338 e. The molecule has 0 saturated heterocycles. The summed E-state index contributed by atoms with van der Waals surface area (Å²) in [6.07, 6.45) is 14.8. The number of carbonyl (C=O) groups is 1. The number of aryl methyl sites for hydroxylation is 2. The molecule has 0 N–H and O–H groups in total. The van der Waals surface area contributed by atoms with Crippen LogP contribution in [-0.4, -0.2) is 12.1 Å². The minimum absolute atomic E-state index is 0.124. The highest BCUT2D eigenvalue weighted by Gasteiger charge is 2.25. The van der Waals surface area contributed by atoms with Crippen molar-refractivity contribution in [3.05, 3.63) is 34.9 Å². The standard InChI is InChI=1S/C23H34O2/c1-17-14-18(2)16-21(15-17)23(24)25-22-12-10-20(11-13-22)9-8-19-6-4-3-5-7-19/h14-16,19-20,22H,3-13H2,1-2H3. The zero-order valence-corrected chi connectivity index (χ0v) is 16.1. The lowest BCUT2D eigenvalue weighted by atomic mass is 9.79. The molecular formula is C23H34O2. The summed E-state index contributed by atoms with van der Waals surface area (Å²) in [6.45, 7) is 4.06. The highest BCUT2D eigenvalue weighted by molar-refractivity contribution is 5.90. The van der Waals surface area contributed by atoms with Crippen molar-refractivity contribution in [3.63, 3.8) is 0 Å². The average molecular weight is 343 g/mol. The molecule has 0 radical (unpaired) electrons. The van der Waals surface area contributed by atoms with Crippen molar-refractivity contribution < 1.29 is 9.53 Å². The molecule has 0 spiro atoms. The van der Waals surface area contributed by atoms with E-state index in [0.29, 0.717) is 5.56 Å². The Bertz CT molecular complexity index is 543. The van der Waals surface area contributed by atoms with Crippen molar-refractivity contribution in [1.82, 2.24) is 0 Å². The highest BCUT2D eigenvalue weighted by Crippen LogP contribution is 2.34. The van der Waals surface area contributed by atoms with Crippen LogP contribution in [0.25, 0.3) is 0 Å². The SMILES string of the molecule is Cc1cc(C)cc(C(=O)OC2CCC(CCC3CCCCC3)CC2)c1. The van der Waals surface area contributed by atoms with Crippen molar-refractivity contribution in [2.75, 3.05) is 0 Å². The summed E-state index contributed by atoms with van der Waals surface area (Å²) in [4.78, 5) is 12.4. The van der Waals surface area contributed by atoms with Crippen LogP contribution >= 0.6 is 0 Å². The van der Waals surface area contributed by atoms with Crippen LogP contribution in [0.1, 0.15) is 92.1 Å². The molecule has 25 heavy (non-hydrogen) atoms. The monoisotopic (exact) mass is 342 g/mol. The zero-order valence-electron chi connectivity index (χ0n) is 16.1. The summed E-state index contributed by atoms with van der Waals surface area (Å²) in [7, 11) is 0. The smallest absolute Gasteiger partial charge is 0.338 e. The van der Waals surface area contributed by atoms with Crippen molar-refractivity contribution in [2.24, 2.45) is 11.8 Å². The normalized spacial score (nSPS) is 24.9. The van der Waals surface area contributed by atoms with Gasteiger partial charge in [0.2, 0.25) is 0 Å². The fourth-order valence-electron chi connectivity index (χ4n) is 4.80. The van der Waals surface area contributed by atoms with Gasteiger partial charge in [-0.3, -0.25) is 0 Å². The molecule has 0 aliphatic heterocycles. The molecule has 2 aliphatic carbocycles. The Morgan fingerprint density at radius 1 is 0.840 bits per heavy atom. The van der Waals surface area contributed by atoms with Gasteiger partial charge in [-0.2, -0.15) is 0 Å². The number of ether oxygens (including phenoxy) is 1. The molecule has 138 valence electrons. The average Bonchev–Trinajstić information content (AvgIpc) is 2.61. The second-order valence-corrected chi connectivity index (χ2v) is 8.51. The minimum Gasteiger partial charge on any atom is -0.459 e. The van der Waals surface area contributed by atoms with Crippen LogP contribution in [0.4, 0.5) is 0 Å². The Kier molecular flexibility index (Phi) is 6.56. The Labute approximate surface area is 153 Å². The first-order valence-corrected chi connectivity index (χ1v) is 10.4. The van der Waals surface area contributed by atoms with Gasteiger partial charge in [-0.05, 0) is 63.5 Å². The van der Waals surface area contributed by atoms with E-state index < -0.39 is 0 Å². The number of rotatable bonds is 5. The second-order valence-electron chi connectivity index (χ2n) is 8.51. The fourth-order valence-corrected chi connectivity index (χ4v) is 4.80. The molecule has 1 aromatic rings. The molecule has 2 aliphatic rings. The van der Waals surface area contributed by atoms with Crippen LogP contribution in [0.5, 0.6) is 0 Å². The van der Waals surface area contributed by atoms with Gasteiger partial charge in [-0.25, -0.2) is 4.79 Å². The van der Waals surface area contributed by atoms with Crippen LogP contribution < -0.4 is 0 Å². The lowest BCUT2D eigenvalue weighted by Gasteiger charge is -2.30. The molecule has 0 aromatic heterocycles. The van der Waals surface area contributed by atoms with Gasteiger partial charge in [-0.1, -0.05) is 62.1 Å². The Morgan fingerprint density at radius 3 is 2.00 bits per heavy atom. The maximum atomic E-state index is 12.4. The number of hydrogen-bond acceptors (Lipinski definition) is 2. The predicted octanol–water partition coefficient (Wildman–Crippen LogP) is 6.38. The lowest BCUT2D eigenvalue weighted by Crippen LogP contribution is -2.25. The minimum atomic E-state index is -0.141. The molecule has 2 saturated carbocycles. The van der Waals surface area contributed by atoms with Gasteiger partial charge < -0.3 is 4.74 Å². The zero-order chi connectivity index (χ0) is 17.6. The van der Waals surface area contributed by atoms with Gasteiger partial charge in [0.15, 0.2) is 0 Å². The van der Waals surface area contributed by atoms with Crippen LogP contribution in [0.3, 0.4) is 0 Å². The van der Waals surface area contributed by atoms with E-state index in [9.17, 15) is 4.79 Å². The summed E-state index contributed by atoms with van der Waals surface area (Å²) in [6, 6.07) is 5.96. The largest absolute Gasteiger partial charge is 0.459 e. The first-order valence-electron chi connectivity index (χ1n) is 10.4. The summed E-state index contributed by atoms with van der Waals surface area (Å²) >= 11 is 0. The van der Waals surface area contributed by atoms with E-state index in [-0.39, 0.29) is 12.1 Å². The van der Waals surface area contributed by atoms with E-state index in [0.717, 1.165) is 35.8 Å².